The largest absolute Gasteiger partial charge is 0.399 e. The number of nitrogens with one attached hydrogen (secondary N) is 1. The Morgan fingerprint density at radius 3 is 2.55 bits per heavy atom. The van der Waals surface area contributed by atoms with Gasteiger partial charge in [0.2, 0.25) is 0 Å². The van der Waals surface area contributed by atoms with Gasteiger partial charge in [-0.3, -0.25) is 4.79 Å². The van der Waals surface area contributed by atoms with E-state index in [1.165, 1.54) is 0 Å². The molecule has 20 heavy (non-hydrogen) atoms. The van der Waals surface area contributed by atoms with Gasteiger partial charge in [0.25, 0.3) is 5.91 Å². The van der Waals surface area contributed by atoms with Crippen LogP contribution in [-0.4, -0.2) is 13.0 Å². The maximum Gasteiger partial charge on any atom is 0.251 e. The Kier molecular flexibility index (Phi) is 4.74. The fourth-order valence-electron chi connectivity index (χ4n) is 1.91. The third-order valence-corrected chi connectivity index (χ3v) is 2.93. The van der Waals surface area contributed by atoms with Gasteiger partial charge in [-0.15, -0.1) is 0 Å². The summed E-state index contributed by atoms with van der Waals surface area (Å²) >= 11 is 0. The van der Waals surface area contributed by atoms with Crippen LogP contribution in [-0.2, 0) is 17.9 Å². The van der Waals surface area contributed by atoms with Crippen LogP contribution in [0.5, 0.6) is 0 Å². The van der Waals surface area contributed by atoms with Gasteiger partial charge < -0.3 is 15.8 Å². The van der Waals surface area contributed by atoms with Crippen molar-refractivity contribution < 1.29 is 9.53 Å². The Hall–Kier alpha value is -2.33. The van der Waals surface area contributed by atoms with E-state index in [0.717, 1.165) is 11.1 Å². The summed E-state index contributed by atoms with van der Waals surface area (Å²) in [7, 11) is 1.66. The van der Waals surface area contributed by atoms with Crippen molar-refractivity contribution in [2.75, 3.05) is 12.8 Å². The van der Waals surface area contributed by atoms with Crippen LogP contribution in [0.3, 0.4) is 0 Å². The monoisotopic (exact) mass is 270 g/mol. The van der Waals surface area contributed by atoms with Crippen molar-refractivity contribution in [2.24, 2.45) is 0 Å². The Balaban J connectivity index is 1.96. The summed E-state index contributed by atoms with van der Waals surface area (Å²) in [6.45, 7) is 1.06. The number of hydrogen-bond donors (Lipinski definition) is 2. The van der Waals surface area contributed by atoms with Gasteiger partial charge in [0.15, 0.2) is 0 Å². The summed E-state index contributed by atoms with van der Waals surface area (Å²) in [5.74, 6) is -0.109. The maximum absolute atomic E-state index is 12.0. The Labute approximate surface area is 118 Å². The first-order valence-electron chi connectivity index (χ1n) is 6.39. The standard InChI is InChI=1S/C16H18N2O2/c1-20-11-13-4-2-3-12(9-13)10-18-16(19)14-5-7-15(17)8-6-14/h2-9H,10-11,17H2,1H3,(H,18,19). The number of amides is 1. The van der Waals surface area contributed by atoms with Gasteiger partial charge in [0.05, 0.1) is 6.61 Å². The molecule has 1 amide bonds. The summed E-state index contributed by atoms with van der Waals surface area (Å²) in [4.78, 5) is 12.0. The minimum absolute atomic E-state index is 0.109. The van der Waals surface area contributed by atoms with Gasteiger partial charge >= 0.3 is 0 Å². The zero-order chi connectivity index (χ0) is 14.4. The molecule has 0 bridgehead atoms. The predicted molar refractivity (Wildman–Crippen MR) is 79.2 cm³/mol. The van der Waals surface area contributed by atoms with E-state index < -0.39 is 0 Å². The second kappa shape index (κ2) is 6.73. The van der Waals surface area contributed by atoms with Crippen LogP contribution in [0.15, 0.2) is 48.5 Å². The molecule has 0 aliphatic heterocycles. The van der Waals surface area contributed by atoms with E-state index in [-0.39, 0.29) is 5.91 Å². The van der Waals surface area contributed by atoms with Crippen molar-refractivity contribution in [1.29, 1.82) is 0 Å². The van der Waals surface area contributed by atoms with Crippen molar-refractivity contribution in [2.45, 2.75) is 13.2 Å². The van der Waals surface area contributed by atoms with Gasteiger partial charge in [-0.05, 0) is 35.4 Å². The zero-order valence-electron chi connectivity index (χ0n) is 11.4. The smallest absolute Gasteiger partial charge is 0.251 e. The van der Waals surface area contributed by atoms with Crippen molar-refractivity contribution in [3.63, 3.8) is 0 Å². The van der Waals surface area contributed by atoms with Crippen molar-refractivity contribution >= 4 is 11.6 Å². The molecule has 0 atom stereocenters. The lowest BCUT2D eigenvalue weighted by atomic mass is 10.1. The molecule has 0 saturated heterocycles. The number of nitrogen functional groups attached to an aromatic ring is 1. The van der Waals surface area contributed by atoms with Gasteiger partial charge in [0.1, 0.15) is 0 Å². The lowest BCUT2D eigenvalue weighted by Crippen LogP contribution is -2.22. The molecule has 2 rings (SSSR count). The molecule has 2 aromatic rings. The highest BCUT2D eigenvalue weighted by atomic mass is 16.5. The fraction of sp³-hybridized carbons (Fsp3) is 0.188. The van der Waals surface area contributed by atoms with Crippen molar-refractivity contribution in [1.82, 2.24) is 5.32 Å². The quantitative estimate of drug-likeness (QED) is 0.820. The summed E-state index contributed by atoms with van der Waals surface area (Å²) in [5, 5.41) is 2.88. The van der Waals surface area contributed by atoms with E-state index in [0.29, 0.717) is 24.4 Å². The molecule has 4 heteroatoms. The molecule has 3 N–H and O–H groups in total. The lowest BCUT2D eigenvalue weighted by Gasteiger charge is -2.07. The topological polar surface area (TPSA) is 64.3 Å². The fourth-order valence-corrected chi connectivity index (χ4v) is 1.91. The number of carbonyl (C=O) groups excluding carboxylic acids is 1. The SMILES string of the molecule is COCc1cccc(CNC(=O)c2ccc(N)cc2)c1. The molecule has 0 radical (unpaired) electrons. The summed E-state index contributed by atoms with van der Waals surface area (Å²) in [6, 6.07) is 14.8. The number of anilines is 1. The molecular weight excluding hydrogens is 252 g/mol. The second-order valence-electron chi connectivity index (χ2n) is 4.56. The molecular formula is C16H18N2O2. The van der Waals surface area contributed by atoms with Crippen molar-refractivity contribution in [3.8, 4) is 0 Å². The molecule has 0 heterocycles. The van der Waals surface area contributed by atoms with E-state index in [1.54, 1.807) is 31.4 Å². The van der Waals surface area contributed by atoms with Crippen LogP contribution < -0.4 is 11.1 Å². The van der Waals surface area contributed by atoms with Gasteiger partial charge in [-0.1, -0.05) is 24.3 Å². The first-order chi connectivity index (χ1) is 9.69. The van der Waals surface area contributed by atoms with E-state index in [4.69, 9.17) is 10.5 Å². The van der Waals surface area contributed by atoms with E-state index in [2.05, 4.69) is 5.32 Å². The maximum atomic E-state index is 12.0. The molecule has 0 fully saturated rings. The number of hydrogen-bond acceptors (Lipinski definition) is 3. The van der Waals surface area contributed by atoms with Gasteiger partial charge in [-0.25, -0.2) is 0 Å². The van der Waals surface area contributed by atoms with E-state index >= 15 is 0 Å². The Morgan fingerprint density at radius 2 is 1.85 bits per heavy atom. The van der Waals surface area contributed by atoms with Crippen LogP contribution in [0.2, 0.25) is 0 Å². The lowest BCUT2D eigenvalue weighted by molar-refractivity contribution is 0.0951. The molecule has 0 spiro atoms. The highest BCUT2D eigenvalue weighted by Gasteiger charge is 2.05. The van der Waals surface area contributed by atoms with Crippen LogP contribution >= 0.6 is 0 Å². The average molecular weight is 270 g/mol. The number of carbonyl (C=O) groups is 1. The number of benzene rings is 2. The highest BCUT2D eigenvalue weighted by molar-refractivity contribution is 5.94. The Morgan fingerprint density at radius 1 is 1.15 bits per heavy atom. The summed E-state index contributed by atoms with van der Waals surface area (Å²) in [5.41, 5.74) is 8.98. The van der Waals surface area contributed by atoms with Gasteiger partial charge in [0, 0.05) is 24.9 Å². The molecule has 0 unspecified atom stereocenters. The molecule has 0 aliphatic carbocycles. The Bertz CT molecular complexity index is 579. The summed E-state index contributed by atoms with van der Waals surface area (Å²) < 4.78 is 5.09. The number of rotatable bonds is 5. The molecule has 2 aromatic carbocycles. The molecule has 0 aliphatic rings. The minimum Gasteiger partial charge on any atom is -0.399 e. The normalized spacial score (nSPS) is 10.2. The molecule has 0 saturated carbocycles. The van der Waals surface area contributed by atoms with E-state index in [9.17, 15) is 4.79 Å². The minimum atomic E-state index is -0.109. The third-order valence-electron chi connectivity index (χ3n) is 2.93. The zero-order valence-corrected chi connectivity index (χ0v) is 11.4. The van der Waals surface area contributed by atoms with Crippen LogP contribution in [0.4, 0.5) is 5.69 Å². The number of ether oxygens (including phenoxy) is 1. The predicted octanol–water partition coefficient (Wildman–Crippen LogP) is 2.35. The molecule has 104 valence electrons. The molecule has 4 nitrogen and oxygen atoms in total. The third kappa shape index (κ3) is 3.83. The molecule has 0 aromatic heterocycles. The second-order valence-corrected chi connectivity index (χ2v) is 4.56. The number of methoxy groups -OCH3 is 1. The van der Waals surface area contributed by atoms with Crippen molar-refractivity contribution in [3.05, 3.63) is 65.2 Å². The first kappa shape index (κ1) is 14.1. The highest BCUT2D eigenvalue weighted by Crippen LogP contribution is 2.08. The average Bonchev–Trinajstić information content (AvgIpc) is 2.46. The van der Waals surface area contributed by atoms with Crippen LogP contribution in [0.1, 0.15) is 21.5 Å². The van der Waals surface area contributed by atoms with E-state index in [1.807, 2.05) is 24.3 Å². The van der Waals surface area contributed by atoms with Crippen LogP contribution in [0, 0.1) is 0 Å². The van der Waals surface area contributed by atoms with Gasteiger partial charge in [-0.2, -0.15) is 0 Å². The first-order valence-corrected chi connectivity index (χ1v) is 6.39. The number of nitrogens with two attached hydrogens (primary N) is 1. The van der Waals surface area contributed by atoms with Crippen LogP contribution in [0.25, 0.3) is 0 Å². The summed E-state index contributed by atoms with van der Waals surface area (Å²) in [6.07, 6.45) is 0.